The van der Waals surface area contributed by atoms with Crippen LogP contribution in [-0.4, -0.2) is 41.8 Å². The van der Waals surface area contributed by atoms with Gasteiger partial charge in [0.2, 0.25) is 11.7 Å². The number of nitrogens with zero attached hydrogens (tertiary/aromatic N) is 3. The lowest BCUT2D eigenvalue weighted by Gasteiger charge is -2.23. The van der Waals surface area contributed by atoms with Gasteiger partial charge in [-0.2, -0.15) is 4.98 Å². The molecule has 1 atom stereocenters. The molecule has 7 nitrogen and oxygen atoms in total. The van der Waals surface area contributed by atoms with Crippen molar-refractivity contribution >= 4 is 11.5 Å². The fourth-order valence-electron chi connectivity index (χ4n) is 1.27. The minimum atomic E-state index is -0.512. The van der Waals surface area contributed by atoms with Gasteiger partial charge in [0.15, 0.2) is 0 Å². The van der Waals surface area contributed by atoms with Crippen molar-refractivity contribution in [2.45, 2.75) is 13.0 Å². The monoisotopic (exact) mass is 241 g/mol. The van der Waals surface area contributed by atoms with Crippen molar-refractivity contribution in [3.05, 3.63) is 22.2 Å². The molecule has 17 heavy (non-hydrogen) atoms. The summed E-state index contributed by atoms with van der Waals surface area (Å²) in [7, 11) is 3.07. The molecule has 1 aromatic rings. The molecule has 1 rings (SSSR count). The van der Waals surface area contributed by atoms with Crippen molar-refractivity contribution in [2.24, 2.45) is 0 Å². The fourth-order valence-corrected chi connectivity index (χ4v) is 1.27. The van der Waals surface area contributed by atoms with Crippen LogP contribution in [0.3, 0.4) is 0 Å². The number of aliphatic hydroxyl groups excluding tert-OH is 1. The first kappa shape index (κ1) is 13.2. The predicted molar refractivity (Wildman–Crippen MR) is 62.4 cm³/mol. The van der Waals surface area contributed by atoms with Crippen LogP contribution in [0, 0.1) is 10.1 Å². The summed E-state index contributed by atoms with van der Waals surface area (Å²) >= 11 is 0. The topological polar surface area (TPSA) is 88.7 Å². The van der Waals surface area contributed by atoms with E-state index < -0.39 is 4.92 Å². The van der Waals surface area contributed by atoms with E-state index in [2.05, 4.69) is 4.98 Å². The van der Waals surface area contributed by atoms with Crippen LogP contribution in [-0.2, 0) is 0 Å². The molecule has 1 heterocycles. The van der Waals surface area contributed by atoms with Gasteiger partial charge >= 0.3 is 5.69 Å². The van der Waals surface area contributed by atoms with Crippen LogP contribution in [0.5, 0.6) is 5.88 Å². The van der Waals surface area contributed by atoms with Crippen LogP contribution in [0.25, 0.3) is 0 Å². The van der Waals surface area contributed by atoms with E-state index >= 15 is 0 Å². The third-order valence-electron chi connectivity index (χ3n) is 2.49. The number of aliphatic hydroxyl groups is 1. The second-order valence-corrected chi connectivity index (χ2v) is 3.60. The summed E-state index contributed by atoms with van der Waals surface area (Å²) in [6.45, 7) is 1.62. The molecule has 1 N–H and O–H groups in total. The SMILES string of the molecule is COc1ccc([N+](=O)[O-])c(N(C)C(C)CO)n1. The van der Waals surface area contributed by atoms with Crippen molar-refractivity contribution < 1.29 is 14.8 Å². The van der Waals surface area contributed by atoms with Crippen LogP contribution in [0.4, 0.5) is 11.5 Å². The third kappa shape index (κ3) is 2.82. The molecule has 0 aliphatic rings. The Morgan fingerprint density at radius 1 is 1.65 bits per heavy atom. The second kappa shape index (κ2) is 5.44. The van der Waals surface area contributed by atoms with Gasteiger partial charge in [-0.3, -0.25) is 10.1 Å². The molecule has 0 saturated heterocycles. The largest absolute Gasteiger partial charge is 0.481 e. The Hall–Kier alpha value is -1.89. The Bertz CT molecular complexity index is 411. The lowest BCUT2D eigenvalue weighted by molar-refractivity contribution is -0.384. The smallest absolute Gasteiger partial charge is 0.311 e. The Morgan fingerprint density at radius 3 is 2.76 bits per heavy atom. The molecule has 0 fully saturated rings. The summed E-state index contributed by atoms with van der Waals surface area (Å²) in [5, 5.41) is 19.9. The number of hydrogen-bond donors (Lipinski definition) is 1. The van der Waals surface area contributed by atoms with E-state index in [1.807, 2.05) is 0 Å². The summed E-state index contributed by atoms with van der Waals surface area (Å²) in [6, 6.07) is 2.49. The van der Waals surface area contributed by atoms with E-state index in [1.165, 1.54) is 19.2 Å². The Balaban J connectivity index is 3.21. The Labute approximate surface area is 98.8 Å². The van der Waals surface area contributed by atoms with Crippen molar-refractivity contribution in [2.75, 3.05) is 25.7 Å². The first-order chi connectivity index (χ1) is 8.01. The van der Waals surface area contributed by atoms with Gasteiger partial charge in [0.25, 0.3) is 0 Å². The van der Waals surface area contributed by atoms with Crippen LogP contribution in [0.1, 0.15) is 6.92 Å². The highest BCUT2D eigenvalue weighted by Crippen LogP contribution is 2.28. The number of hydrogen-bond acceptors (Lipinski definition) is 6. The second-order valence-electron chi connectivity index (χ2n) is 3.60. The summed E-state index contributed by atoms with van der Waals surface area (Å²) in [5.41, 5.74) is -0.117. The minimum Gasteiger partial charge on any atom is -0.481 e. The van der Waals surface area contributed by atoms with E-state index in [-0.39, 0.29) is 24.2 Å². The molecule has 0 amide bonds. The van der Waals surface area contributed by atoms with E-state index in [0.717, 1.165) is 0 Å². The van der Waals surface area contributed by atoms with Crippen LogP contribution in [0.2, 0.25) is 0 Å². The normalized spacial score (nSPS) is 12.0. The Morgan fingerprint density at radius 2 is 2.29 bits per heavy atom. The molecule has 1 unspecified atom stereocenters. The predicted octanol–water partition coefficient (Wildman–Crippen LogP) is 0.815. The van der Waals surface area contributed by atoms with Crippen LogP contribution < -0.4 is 9.64 Å². The maximum absolute atomic E-state index is 10.9. The number of likely N-dealkylation sites (N-methyl/N-ethyl adjacent to an activating group) is 1. The van der Waals surface area contributed by atoms with Crippen molar-refractivity contribution in [3.8, 4) is 5.88 Å². The van der Waals surface area contributed by atoms with E-state index in [1.54, 1.807) is 18.9 Å². The number of pyridine rings is 1. The summed E-state index contributed by atoms with van der Waals surface area (Å²) in [5.74, 6) is 0.471. The lowest BCUT2D eigenvalue weighted by atomic mass is 10.3. The number of anilines is 1. The van der Waals surface area contributed by atoms with E-state index in [9.17, 15) is 10.1 Å². The van der Waals surface area contributed by atoms with Crippen LogP contribution in [0.15, 0.2) is 12.1 Å². The van der Waals surface area contributed by atoms with Crippen molar-refractivity contribution in [3.63, 3.8) is 0 Å². The summed E-state index contributed by atoms with van der Waals surface area (Å²) in [4.78, 5) is 15.9. The minimum absolute atomic E-state index is 0.117. The van der Waals surface area contributed by atoms with Gasteiger partial charge in [-0.15, -0.1) is 0 Å². The maximum atomic E-state index is 10.9. The molecule has 94 valence electrons. The van der Waals surface area contributed by atoms with Gasteiger partial charge in [-0.05, 0) is 6.92 Å². The van der Waals surface area contributed by atoms with Crippen molar-refractivity contribution in [1.82, 2.24) is 4.98 Å². The highest BCUT2D eigenvalue weighted by molar-refractivity contribution is 5.59. The molecule has 0 spiro atoms. The standard InChI is InChI=1S/C10H15N3O4/c1-7(6-14)12(2)10-8(13(15)16)4-5-9(11-10)17-3/h4-5,7,14H,6H2,1-3H3. The van der Waals surface area contributed by atoms with Gasteiger partial charge in [0, 0.05) is 19.2 Å². The molecule has 0 aromatic carbocycles. The van der Waals surface area contributed by atoms with Gasteiger partial charge in [0.05, 0.1) is 24.7 Å². The van der Waals surface area contributed by atoms with Gasteiger partial charge < -0.3 is 14.7 Å². The highest BCUT2D eigenvalue weighted by atomic mass is 16.6. The molecule has 0 radical (unpaired) electrons. The lowest BCUT2D eigenvalue weighted by Crippen LogP contribution is -2.33. The molecule has 1 aromatic heterocycles. The summed E-state index contributed by atoms with van der Waals surface area (Å²) < 4.78 is 4.93. The zero-order chi connectivity index (χ0) is 13.0. The average Bonchev–Trinajstić information content (AvgIpc) is 2.35. The molecule has 7 heteroatoms. The molecule has 0 aliphatic heterocycles. The number of rotatable bonds is 5. The van der Waals surface area contributed by atoms with E-state index in [0.29, 0.717) is 5.88 Å². The van der Waals surface area contributed by atoms with Gasteiger partial charge in [-0.1, -0.05) is 0 Å². The first-order valence-corrected chi connectivity index (χ1v) is 5.04. The fraction of sp³-hybridized carbons (Fsp3) is 0.500. The van der Waals surface area contributed by atoms with Crippen LogP contribution >= 0.6 is 0 Å². The van der Waals surface area contributed by atoms with Gasteiger partial charge in [0.1, 0.15) is 0 Å². The number of methoxy groups -OCH3 is 1. The molecular formula is C10H15N3O4. The Kier molecular flexibility index (Phi) is 4.22. The number of ether oxygens (including phenoxy) is 1. The quantitative estimate of drug-likeness (QED) is 0.606. The highest BCUT2D eigenvalue weighted by Gasteiger charge is 2.22. The molecular weight excluding hydrogens is 226 g/mol. The van der Waals surface area contributed by atoms with Gasteiger partial charge in [-0.25, -0.2) is 0 Å². The summed E-state index contributed by atoms with van der Waals surface area (Å²) in [6.07, 6.45) is 0. The molecule has 0 saturated carbocycles. The maximum Gasteiger partial charge on any atom is 0.311 e. The zero-order valence-corrected chi connectivity index (χ0v) is 9.95. The average molecular weight is 241 g/mol. The molecule has 0 bridgehead atoms. The zero-order valence-electron chi connectivity index (χ0n) is 9.95. The third-order valence-corrected chi connectivity index (χ3v) is 2.49. The molecule has 0 aliphatic carbocycles. The van der Waals surface area contributed by atoms with E-state index in [4.69, 9.17) is 9.84 Å². The number of aromatic nitrogens is 1. The number of nitro groups is 1. The van der Waals surface area contributed by atoms with Crippen molar-refractivity contribution in [1.29, 1.82) is 0 Å². The first-order valence-electron chi connectivity index (χ1n) is 5.04.